The third-order valence-electron chi connectivity index (χ3n) is 7.32. The van der Waals surface area contributed by atoms with E-state index in [9.17, 15) is 29.9 Å². The fourth-order valence-corrected chi connectivity index (χ4v) is 6.08. The maximum Gasteiger partial charge on any atom is 0.488 e. The fourth-order valence-electron chi connectivity index (χ4n) is 5.70. The first-order chi connectivity index (χ1) is 15.6. The molecule has 3 fully saturated rings. The summed E-state index contributed by atoms with van der Waals surface area (Å²) < 4.78 is 6.84. The monoisotopic (exact) mass is 515 g/mol. The van der Waals surface area contributed by atoms with Crippen molar-refractivity contribution in [2.45, 2.75) is 31.7 Å². The highest BCUT2D eigenvalue weighted by Crippen LogP contribution is 2.59. The Kier molecular flexibility index (Phi) is 5.41. The molecule has 6 atom stereocenters. The summed E-state index contributed by atoms with van der Waals surface area (Å²) in [5.74, 6) is -4.82. The van der Waals surface area contributed by atoms with E-state index in [1.807, 2.05) is 0 Å². The van der Waals surface area contributed by atoms with Crippen molar-refractivity contribution in [2.75, 3.05) is 4.90 Å². The number of aromatic hydroxyl groups is 1. The van der Waals surface area contributed by atoms with Crippen molar-refractivity contribution in [1.29, 1.82) is 0 Å². The minimum atomic E-state index is -1.73. The Balaban J connectivity index is 1.51. The van der Waals surface area contributed by atoms with Gasteiger partial charge in [-0.1, -0.05) is 35.0 Å². The maximum absolute atomic E-state index is 13.5. The first kappa shape index (κ1) is 22.6. The molecule has 3 aliphatic rings. The number of ether oxygens (including phenoxy) is 1. The highest BCUT2D eigenvalue weighted by Gasteiger charge is 2.66. The van der Waals surface area contributed by atoms with E-state index in [2.05, 4.69) is 15.9 Å². The number of nitrogens with zero attached hydrogens (tertiary/aromatic N) is 1. The summed E-state index contributed by atoms with van der Waals surface area (Å²) >= 11 is 3.39. The molecule has 2 aliphatic heterocycles. The number of amides is 2. The van der Waals surface area contributed by atoms with Gasteiger partial charge in [-0.2, -0.15) is 0 Å². The lowest BCUT2D eigenvalue weighted by molar-refractivity contribution is -0.265. The number of benzene rings is 2. The number of carbonyl (C=O) groups excluding carboxylic acids is 2. The topological polar surface area (TPSA) is 128 Å². The second-order valence-electron chi connectivity index (χ2n) is 9.15. The van der Waals surface area contributed by atoms with E-state index < -0.39 is 48.6 Å². The Hall–Kier alpha value is -2.24. The Morgan fingerprint density at radius 3 is 2.61 bits per heavy atom. The van der Waals surface area contributed by atoms with Gasteiger partial charge < -0.3 is 25.0 Å². The first-order valence-electron chi connectivity index (χ1n) is 10.8. The zero-order chi connectivity index (χ0) is 23.7. The molecule has 33 heavy (non-hydrogen) atoms. The van der Waals surface area contributed by atoms with Crippen LogP contribution in [0.15, 0.2) is 46.9 Å². The van der Waals surface area contributed by atoms with Crippen molar-refractivity contribution in [1.82, 2.24) is 0 Å². The summed E-state index contributed by atoms with van der Waals surface area (Å²) in [4.78, 5) is 28.0. The molecule has 0 bridgehead atoms. The smallest absolute Gasteiger partial charge is 0.488 e. The first-order valence-corrected chi connectivity index (χ1v) is 11.6. The molecule has 1 saturated carbocycles. The molecule has 1 aliphatic carbocycles. The maximum atomic E-state index is 13.5. The normalized spacial score (nSPS) is 33.2. The number of rotatable bonds is 3. The second-order valence-corrected chi connectivity index (χ2v) is 10.1. The molecule has 2 heterocycles. The Morgan fingerprint density at radius 2 is 1.88 bits per heavy atom. The van der Waals surface area contributed by atoms with E-state index in [1.165, 1.54) is 18.2 Å². The van der Waals surface area contributed by atoms with Gasteiger partial charge in [-0.15, -0.1) is 0 Å². The highest BCUT2D eigenvalue weighted by atomic mass is 79.9. The SMILES string of the molecule is C[C@H]1C[C@@H]2C(=O)N(c3cccc(B(O)O)c3)C(=O)[C@@H]2[C@@H]2C[C@@H](c3cc(Br)ccc3O)O[C@]12O. The zero-order valence-corrected chi connectivity index (χ0v) is 19.3. The molecule has 0 spiro atoms. The molecule has 5 rings (SSSR count). The Morgan fingerprint density at radius 1 is 1.12 bits per heavy atom. The number of imide groups is 1. The molecule has 2 saturated heterocycles. The number of hydrogen-bond donors (Lipinski definition) is 4. The van der Waals surface area contributed by atoms with Gasteiger partial charge in [0.25, 0.3) is 0 Å². The number of halogens is 1. The molecule has 8 nitrogen and oxygen atoms in total. The summed E-state index contributed by atoms with van der Waals surface area (Å²) in [6.45, 7) is 1.80. The van der Waals surface area contributed by atoms with Crippen LogP contribution in [0.1, 0.15) is 31.4 Å². The zero-order valence-electron chi connectivity index (χ0n) is 17.8. The van der Waals surface area contributed by atoms with Gasteiger partial charge in [-0.05, 0) is 48.6 Å². The summed E-state index contributed by atoms with van der Waals surface area (Å²) in [5.41, 5.74) is 0.942. The van der Waals surface area contributed by atoms with Gasteiger partial charge in [0.2, 0.25) is 11.8 Å². The van der Waals surface area contributed by atoms with Crippen molar-refractivity contribution in [3.8, 4) is 5.75 Å². The van der Waals surface area contributed by atoms with Gasteiger partial charge in [0.05, 0.1) is 23.6 Å². The lowest BCUT2D eigenvalue weighted by atomic mass is 9.65. The number of fused-ring (bicyclic) bond motifs is 3. The summed E-state index contributed by atoms with van der Waals surface area (Å²) in [6, 6.07) is 11.0. The van der Waals surface area contributed by atoms with Crippen LogP contribution in [0.25, 0.3) is 0 Å². The molecule has 172 valence electrons. The minimum Gasteiger partial charge on any atom is -0.508 e. The Labute approximate surface area is 199 Å². The molecule has 2 aromatic rings. The summed E-state index contributed by atoms with van der Waals surface area (Å²) in [6.07, 6.45) is -0.0875. The van der Waals surface area contributed by atoms with Gasteiger partial charge in [0.15, 0.2) is 5.79 Å². The van der Waals surface area contributed by atoms with Crippen LogP contribution in [0.2, 0.25) is 0 Å². The average Bonchev–Trinajstić information content (AvgIpc) is 3.25. The van der Waals surface area contributed by atoms with Crippen molar-refractivity contribution in [3.05, 3.63) is 52.5 Å². The van der Waals surface area contributed by atoms with E-state index in [-0.39, 0.29) is 35.6 Å². The van der Waals surface area contributed by atoms with Gasteiger partial charge in [0, 0.05) is 21.9 Å². The number of anilines is 1. The number of phenols is 1. The second kappa shape index (κ2) is 7.92. The van der Waals surface area contributed by atoms with Crippen LogP contribution in [0.3, 0.4) is 0 Å². The largest absolute Gasteiger partial charge is 0.508 e. The molecule has 0 aromatic heterocycles. The molecule has 2 aromatic carbocycles. The molecule has 10 heteroatoms. The summed E-state index contributed by atoms with van der Waals surface area (Å²) in [5, 5.41) is 40.9. The van der Waals surface area contributed by atoms with Crippen LogP contribution in [0, 0.1) is 23.7 Å². The van der Waals surface area contributed by atoms with E-state index >= 15 is 0 Å². The van der Waals surface area contributed by atoms with E-state index in [0.29, 0.717) is 5.56 Å². The number of aliphatic hydroxyl groups is 1. The quantitative estimate of drug-likeness (QED) is 0.360. The van der Waals surface area contributed by atoms with Crippen LogP contribution in [0.4, 0.5) is 5.69 Å². The highest BCUT2D eigenvalue weighted by molar-refractivity contribution is 9.10. The molecular formula is C23H23BBrNO7. The van der Waals surface area contributed by atoms with Crippen LogP contribution in [-0.2, 0) is 14.3 Å². The van der Waals surface area contributed by atoms with Crippen molar-refractivity contribution in [3.63, 3.8) is 0 Å². The van der Waals surface area contributed by atoms with Crippen molar-refractivity contribution >= 4 is 46.0 Å². The summed E-state index contributed by atoms with van der Waals surface area (Å²) in [7, 11) is -1.73. The van der Waals surface area contributed by atoms with E-state index in [1.54, 1.807) is 31.2 Å². The van der Waals surface area contributed by atoms with Gasteiger partial charge in [-0.3, -0.25) is 14.5 Å². The Bertz CT molecular complexity index is 1140. The third kappa shape index (κ3) is 3.43. The minimum absolute atomic E-state index is 0.0319. The number of hydrogen-bond acceptors (Lipinski definition) is 7. The standard InChI is InChI=1S/C23H23BBrNO7/c1-11-7-16-20(22(29)26(21(16)28)14-4-2-3-12(8-14)24(31)32)17-10-19(33-23(11,17)30)15-9-13(25)5-6-18(15)27/h2-6,8-9,11,16-17,19-20,27,30-32H,7,10H2,1H3/t11-,16-,17-,19-,20-,23+/m0/s1. The predicted octanol–water partition coefficient (Wildman–Crippen LogP) is 1.45. The average molecular weight is 516 g/mol. The fraction of sp³-hybridized carbons (Fsp3) is 0.391. The molecule has 0 unspecified atom stereocenters. The van der Waals surface area contributed by atoms with Gasteiger partial charge in [0.1, 0.15) is 5.75 Å². The van der Waals surface area contributed by atoms with Crippen LogP contribution >= 0.6 is 15.9 Å². The molecular weight excluding hydrogens is 493 g/mol. The van der Waals surface area contributed by atoms with Crippen LogP contribution in [0.5, 0.6) is 5.75 Å². The van der Waals surface area contributed by atoms with Gasteiger partial charge >= 0.3 is 7.12 Å². The van der Waals surface area contributed by atoms with Gasteiger partial charge in [-0.25, -0.2) is 0 Å². The molecule has 2 amide bonds. The van der Waals surface area contributed by atoms with E-state index in [0.717, 1.165) is 9.37 Å². The lowest BCUT2D eigenvalue weighted by Crippen LogP contribution is -2.52. The molecule has 0 radical (unpaired) electrons. The third-order valence-corrected chi connectivity index (χ3v) is 7.81. The van der Waals surface area contributed by atoms with Crippen LogP contribution < -0.4 is 10.4 Å². The van der Waals surface area contributed by atoms with E-state index in [4.69, 9.17) is 4.74 Å². The van der Waals surface area contributed by atoms with Crippen molar-refractivity contribution in [2.24, 2.45) is 23.7 Å². The predicted molar refractivity (Wildman–Crippen MR) is 122 cm³/mol. The number of carbonyl (C=O) groups is 2. The molecule has 4 N–H and O–H groups in total. The lowest BCUT2D eigenvalue weighted by Gasteiger charge is -2.43. The number of phenolic OH excluding ortho intramolecular Hbond substituents is 1. The van der Waals surface area contributed by atoms with Crippen molar-refractivity contribution < 1.29 is 34.6 Å². The van der Waals surface area contributed by atoms with Crippen LogP contribution in [-0.4, -0.2) is 45.0 Å².